The third kappa shape index (κ3) is 4.31. The average Bonchev–Trinajstić information content (AvgIpc) is 2.40. The van der Waals surface area contributed by atoms with Crippen LogP contribution in [0.5, 0.6) is 0 Å². The number of hydrogen-bond donors (Lipinski definition) is 2. The van der Waals surface area contributed by atoms with Crippen molar-refractivity contribution in [3.63, 3.8) is 0 Å². The monoisotopic (exact) mass is 283 g/mol. The topological polar surface area (TPSA) is 77.2 Å². The minimum Gasteiger partial charge on any atom is -0.462 e. The van der Waals surface area contributed by atoms with Crippen LogP contribution in [0, 0.1) is 0 Å². The van der Waals surface area contributed by atoms with Gasteiger partial charge in [0.25, 0.3) is 0 Å². The van der Waals surface area contributed by atoms with E-state index in [0.717, 1.165) is 12.2 Å². The van der Waals surface area contributed by atoms with Gasteiger partial charge < -0.3 is 15.8 Å². The Labute approximate surface area is 118 Å². The Hall–Kier alpha value is -1.43. The van der Waals surface area contributed by atoms with Crippen LogP contribution in [0.1, 0.15) is 30.6 Å². The van der Waals surface area contributed by atoms with Crippen LogP contribution in [-0.4, -0.2) is 35.6 Å². The first-order valence-corrected chi connectivity index (χ1v) is 7.70. The lowest BCUT2D eigenvalue weighted by Gasteiger charge is -2.18. The molecule has 1 aromatic rings. The zero-order valence-electron chi connectivity index (χ0n) is 11.6. The first kappa shape index (κ1) is 15.6. The summed E-state index contributed by atoms with van der Waals surface area (Å²) in [5, 5.41) is 3.27. The second-order valence-corrected chi connectivity index (χ2v) is 4.96. The average molecular weight is 283 g/mol. The van der Waals surface area contributed by atoms with Crippen LogP contribution in [0.2, 0.25) is 0 Å². The number of nitrogens with one attached hydrogen (secondary N) is 1. The highest BCUT2D eigenvalue weighted by Crippen LogP contribution is 2.22. The van der Waals surface area contributed by atoms with E-state index in [4.69, 9.17) is 10.5 Å². The van der Waals surface area contributed by atoms with E-state index in [1.807, 2.05) is 0 Å². The summed E-state index contributed by atoms with van der Waals surface area (Å²) in [4.78, 5) is 15.9. The zero-order chi connectivity index (χ0) is 14.3. The molecule has 1 heterocycles. The molecule has 3 N–H and O–H groups in total. The van der Waals surface area contributed by atoms with Crippen LogP contribution in [0.4, 0.5) is 11.5 Å². The number of rotatable bonds is 7. The molecule has 106 valence electrons. The first-order chi connectivity index (χ1) is 9.13. The second kappa shape index (κ2) is 7.89. The van der Waals surface area contributed by atoms with Crippen LogP contribution >= 0.6 is 11.8 Å². The van der Waals surface area contributed by atoms with Gasteiger partial charge in [0.1, 0.15) is 5.82 Å². The second-order valence-electron chi connectivity index (χ2n) is 4.05. The molecule has 0 radical (unpaired) electrons. The number of carbonyl (C=O) groups is 1. The molecule has 0 aliphatic heterocycles. The third-order valence-electron chi connectivity index (χ3n) is 2.69. The van der Waals surface area contributed by atoms with E-state index >= 15 is 0 Å². The SMILES string of the molecule is CCOC(=O)c1ccnc(NC(CC)CSC)c1N. The summed E-state index contributed by atoms with van der Waals surface area (Å²) in [6.45, 7) is 4.19. The maximum Gasteiger partial charge on any atom is 0.340 e. The number of carbonyl (C=O) groups excluding carboxylic acids is 1. The first-order valence-electron chi connectivity index (χ1n) is 6.31. The highest BCUT2D eigenvalue weighted by Gasteiger charge is 2.16. The maximum atomic E-state index is 11.7. The van der Waals surface area contributed by atoms with Gasteiger partial charge in [-0.2, -0.15) is 11.8 Å². The van der Waals surface area contributed by atoms with Gasteiger partial charge in [-0.15, -0.1) is 0 Å². The molecule has 19 heavy (non-hydrogen) atoms. The predicted molar refractivity (Wildman–Crippen MR) is 80.7 cm³/mol. The van der Waals surface area contributed by atoms with Gasteiger partial charge in [0.2, 0.25) is 0 Å². The number of pyridine rings is 1. The zero-order valence-corrected chi connectivity index (χ0v) is 12.4. The van der Waals surface area contributed by atoms with Crippen LogP contribution in [0.25, 0.3) is 0 Å². The normalized spacial score (nSPS) is 11.9. The third-order valence-corrected chi connectivity index (χ3v) is 3.42. The van der Waals surface area contributed by atoms with Gasteiger partial charge in [-0.05, 0) is 25.7 Å². The van der Waals surface area contributed by atoms with Crippen molar-refractivity contribution in [3.05, 3.63) is 17.8 Å². The molecule has 0 spiro atoms. The molecular weight excluding hydrogens is 262 g/mol. The molecule has 1 atom stereocenters. The van der Waals surface area contributed by atoms with Crippen molar-refractivity contribution < 1.29 is 9.53 Å². The molecule has 0 amide bonds. The summed E-state index contributed by atoms with van der Waals surface area (Å²) >= 11 is 1.76. The highest BCUT2D eigenvalue weighted by atomic mass is 32.2. The minimum absolute atomic E-state index is 0.280. The molecule has 0 aromatic carbocycles. The fourth-order valence-electron chi connectivity index (χ4n) is 1.63. The van der Waals surface area contributed by atoms with Crippen molar-refractivity contribution in [3.8, 4) is 0 Å². The fourth-order valence-corrected chi connectivity index (χ4v) is 2.35. The van der Waals surface area contributed by atoms with Crippen LogP contribution in [0.15, 0.2) is 12.3 Å². The van der Waals surface area contributed by atoms with E-state index in [-0.39, 0.29) is 6.04 Å². The molecule has 0 fully saturated rings. The van der Waals surface area contributed by atoms with Crippen molar-refractivity contribution in [2.75, 3.05) is 29.7 Å². The molecular formula is C13H21N3O2S. The molecule has 0 bridgehead atoms. The number of aromatic nitrogens is 1. The number of nitrogens with zero attached hydrogens (tertiary/aromatic N) is 1. The number of thioether (sulfide) groups is 1. The van der Waals surface area contributed by atoms with Crippen molar-refractivity contribution in [2.24, 2.45) is 0 Å². The van der Waals surface area contributed by atoms with Gasteiger partial charge in [-0.3, -0.25) is 0 Å². The molecule has 1 rings (SSSR count). The Kier molecular flexibility index (Phi) is 6.49. The van der Waals surface area contributed by atoms with Crippen LogP contribution < -0.4 is 11.1 Å². The van der Waals surface area contributed by atoms with Gasteiger partial charge in [-0.1, -0.05) is 6.92 Å². The molecule has 0 saturated heterocycles. The Morgan fingerprint density at radius 1 is 1.58 bits per heavy atom. The quantitative estimate of drug-likeness (QED) is 0.748. The summed E-state index contributed by atoms with van der Waals surface area (Å²) < 4.78 is 4.96. The van der Waals surface area contributed by atoms with Gasteiger partial charge in [0.15, 0.2) is 0 Å². The fraction of sp³-hybridized carbons (Fsp3) is 0.538. The lowest BCUT2D eigenvalue weighted by atomic mass is 10.2. The van der Waals surface area contributed by atoms with E-state index in [1.165, 1.54) is 0 Å². The Bertz CT molecular complexity index is 426. The van der Waals surface area contributed by atoms with E-state index in [9.17, 15) is 4.79 Å². The van der Waals surface area contributed by atoms with Crippen molar-refractivity contribution in [1.82, 2.24) is 4.98 Å². The molecule has 0 aliphatic carbocycles. The predicted octanol–water partition coefficient (Wildman–Crippen LogP) is 2.39. The van der Waals surface area contributed by atoms with Crippen LogP contribution in [0.3, 0.4) is 0 Å². The Morgan fingerprint density at radius 2 is 2.32 bits per heavy atom. The Balaban J connectivity index is 2.90. The summed E-state index contributed by atoms with van der Waals surface area (Å²) in [5.41, 5.74) is 6.69. The number of nitrogens with two attached hydrogens (primary N) is 1. The van der Waals surface area contributed by atoms with Gasteiger partial charge in [0, 0.05) is 18.0 Å². The summed E-state index contributed by atoms with van der Waals surface area (Å²) in [7, 11) is 0. The summed E-state index contributed by atoms with van der Waals surface area (Å²) in [5.74, 6) is 1.09. The maximum absolute atomic E-state index is 11.7. The molecule has 0 saturated carbocycles. The van der Waals surface area contributed by atoms with E-state index in [2.05, 4.69) is 23.5 Å². The van der Waals surface area contributed by atoms with E-state index in [0.29, 0.717) is 23.7 Å². The lowest BCUT2D eigenvalue weighted by molar-refractivity contribution is 0.0527. The molecule has 0 aliphatic rings. The molecule has 5 nitrogen and oxygen atoms in total. The van der Waals surface area contributed by atoms with E-state index < -0.39 is 5.97 Å². The standard InChI is InChI=1S/C13H21N3O2S/c1-4-9(8-19-3)16-12-11(14)10(6-7-15-12)13(17)18-5-2/h6-7,9H,4-5,8,14H2,1-3H3,(H,15,16). The van der Waals surface area contributed by atoms with Crippen LogP contribution in [-0.2, 0) is 4.74 Å². The highest BCUT2D eigenvalue weighted by molar-refractivity contribution is 7.98. The Morgan fingerprint density at radius 3 is 2.89 bits per heavy atom. The molecule has 6 heteroatoms. The van der Waals surface area contributed by atoms with Gasteiger partial charge in [-0.25, -0.2) is 9.78 Å². The van der Waals surface area contributed by atoms with E-state index in [1.54, 1.807) is 30.9 Å². The lowest BCUT2D eigenvalue weighted by Crippen LogP contribution is -2.23. The number of hydrogen-bond acceptors (Lipinski definition) is 6. The molecule has 1 aromatic heterocycles. The van der Waals surface area contributed by atoms with Crippen molar-refractivity contribution >= 4 is 29.2 Å². The number of esters is 1. The number of ether oxygens (including phenoxy) is 1. The number of anilines is 2. The van der Waals surface area contributed by atoms with Gasteiger partial charge >= 0.3 is 5.97 Å². The number of nitrogen functional groups attached to an aromatic ring is 1. The van der Waals surface area contributed by atoms with Gasteiger partial charge in [0.05, 0.1) is 17.9 Å². The van der Waals surface area contributed by atoms with Crippen molar-refractivity contribution in [1.29, 1.82) is 0 Å². The smallest absolute Gasteiger partial charge is 0.340 e. The summed E-state index contributed by atoms with van der Waals surface area (Å²) in [6, 6.07) is 1.86. The van der Waals surface area contributed by atoms with Crippen molar-refractivity contribution in [2.45, 2.75) is 26.3 Å². The summed E-state index contributed by atoms with van der Waals surface area (Å²) in [6.07, 6.45) is 4.58. The minimum atomic E-state index is -0.414. The largest absolute Gasteiger partial charge is 0.462 e. The molecule has 1 unspecified atom stereocenters.